The third-order valence-electron chi connectivity index (χ3n) is 6.33. The lowest BCUT2D eigenvalue weighted by molar-refractivity contribution is -0.135. The molecule has 0 unspecified atom stereocenters. The van der Waals surface area contributed by atoms with E-state index in [1.807, 2.05) is 11.0 Å². The number of aromatic nitrogens is 1. The standard InChI is InChI=1S/C25H32FN3O2/c1-25(2)15-19-14-18(4-8-23(19)31-25)5-9-24(30)29(22-10-12-28(3)13-11-22)17-21-7-6-20(26)16-27-21/h4,6-8,14,16,22H,5,9-13,15,17H2,1-3H3. The summed E-state index contributed by atoms with van der Waals surface area (Å²) in [6.45, 7) is 6.58. The number of nitrogens with zero attached hydrogens (tertiary/aromatic N) is 3. The molecule has 3 heterocycles. The fourth-order valence-corrected chi connectivity index (χ4v) is 4.62. The summed E-state index contributed by atoms with van der Waals surface area (Å²) in [6.07, 6.45) is 5.18. The van der Waals surface area contributed by atoms with Gasteiger partial charge in [0.25, 0.3) is 0 Å². The van der Waals surface area contributed by atoms with Crippen molar-refractivity contribution in [3.63, 3.8) is 0 Å². The molecule has 0 saturated carbocycles. The van der Waals surface area contributed by atoms with E-state index in [2.05, 4.69) is 42.9 Å². The smallest absolute Gasteiger partial charge is 0.223 e. The Morgan fingerprint density at radius 3 is 2.74 bits per heavy atom. The number of rotatable bonds is 6. The Labute approximate surface area is 184 Å². The van der Waals surface area contributed by atoms with E-state index in [4.69, 9.17) is 4.74 Å². The van der Waals surface area contributed by atoms with Crippen molar-refractivity contribution >= 4 is 5.91 Å². The summed E-state index contributed by atoms with van der Waals surface area (Å²) in [5.74, 6) is 0.734. The zero-order valence-corrected chi connectivity index (χ0v) is 18.7. The second-order valence-corrected chi connectivity index (χ2v) is 9.50. The Morgan fingerprint density at radius 1 is 1.26 bits per heavy atom. The Morgan fingerprint density at radius 2 is 2.03 bits per heavy atom. The predicted molar refractivity (Wildman–Crippen MR) is 118 cm³/mol. The van der Waals surface area contributed by atoms with Gasteiger partial charge in [-0.3, -0.25) is 9.78 Å². The van der Waals surface area contributed by atoms with Crippen LogP contribution in [0.5, 0.6) is 5.75 Å². The van der Waals surface area contributed by atoms with E-state index < -0.39 is 0 Å². The average molecular weight is 426 g/mol. The first-order valence-electron chi connectivity index (χ1n) is 11.2. The second-order valence-electron chi connectivity index (χ2n) is 9.50. The number of fused-ring (bicyclic) bond motifs is 1. The monoisotopic (exact) mass is 425 g/mol. The first kappa shape index (κ1) is 21.8. The fourth-order valence-electron chi connectivity index (χ4n) is 4.62. The van der Waals surface area contributed by atoms with Gasteiger partial charge in [-0.05, 0) is 82.6 Å². The number of piperidine rings is 1. The lowest BCUT2D eigenvalue weighted by Gasteiger charge is -2.37. The number of aryl methyl sites for hydroxylation is 1. The molecule has 1 aromatic carbocycles. The Hall–Kier alpha value is -2.47. The maximum atomic E-state index is 13.3. The first-order valence-corrected chi connectivity index (χ1v) is 11.2. The molecule has 1 aromatic heterocycles. The molecular weight excluding hydrogens is 393 g/mol. The highest BCUT2D eigenvalue weighted by Gasteiger charge is 2.30. The number of amides is 1. The minimum absolute atomic E-state index is 0.137. The second kappa shape index (κ2) is 8.95. The summed E-state index contributed by atoms with van der Waals surface area (Å²) in [5, 5.41) is 0. The van der Waals surface area contributed by atoms with Gasteiger partial charge in [0.15, 0.2) is 0 Å². The van der Waals surface area contributed by atoms with Crippen LogP contribution in [0.1, 0.15) is 49.9 Å². The summed E-state index contributed by atoms with van der Waals surface area (Å²) in [7, 11) is 2.11. The van der Waals surface area contributed by atoms with Gasteiger partial charge in [-0.25, -0.2) is 4.39 Å². The van der Waals surface area contributed by atoms with Crippen molar-refractivity contribution in [3.8, 4) is 5.75 Å². The van der Waals surface area contributed by atoms with Crippen molar-refractivity contribution in [1.82, 2.24) is 14.8 Å². The van der Waals surface area contributed by atoms with E-state index in [1.165, 1.54) is 17.8 Å². The molecule has 0 aliphatic carbocycles. The van der Waals surface area contributed by atoms with Gasteiger partial charge in [0.2, 0.25) is 5.91 Å². The van der Waals surface area contributed by atoms with E-state index >= 15 is 0 Å². The molecule has 1 saturated heterocycles. The largest absolute Gasteiger partial charge is 0.487 e. The molecule has 4 rings (SSSR count). The lowest BCUT2D eigenvalue weighted by atomic mass is 9.98. The van der Waals surface area contributed by atoms with Crippen LogP contribution in [0, 0.1) is 5.82 Å². The molecule has 0 N–H and O–H groups in total. The van der Waals surface area contributed by atoms with Crippen molar-refractivity contribution in [2.45, 2.75) is 64.1 Å². The van der Waals surface area contributed by atoms with Gasteiger partial charge in [-0.2, -0.15) is 0 Å². The third kappa shape index (κ3) is 5.42. The van der Waals surface area contributed by atoms with Gasteiger partial charge in [0.05, 0.1) is 18.4 Å². The van der Waals surface area contributed by atoms with E-state index in [0.29, 0.717) is 19.4 Å². The predicted octanol–water partition coefficient (Wildman–Crippen LogP) is 3.99. The number of ether oxygens (including phenoxy) is 1. The van der Waals surface area contributed by atoms with E-state index in [0.717, 1.165) is 49.4 Å². The van der Waals surface area contributed by atoms with Crippen LogP contribution in [0.15, 0.2) is 36.5 Å². The van der Waals surface area contributed by atoms with Crippen LogP contribution in [0.2, 0.25) is 0 Å². The van der Waals surface area contributed by atoms with E-state index in [9.17, 15) is 9.18 Å². The molecule has 5 nitrogen and oxygen atoms in total. The summed E-state index contributed by atoms with van der Waals surface area (Å²) < 4.78 is 19.2. The van der Waals surface area contributed by atoms with E-state index in [1.54, 1.807) is 6.07 Å². The Balaban J connectivity index is 1.43. The number of benzene rings is 1. The van der Waals surface area contributed by atoms with Crippen molar-refractivity contribution in [2.24, 2.45) is 0 Å². The molecule has 31 heavy (non-hydrogen) atoms. The topological polar surface area (TPSA) is 45.7 Å². The third-order valence-corrected chi connectivity index (χ3v) is 6.33. The summed E-state index contributed by atoms with van der Waals surface area (Å²) in [5.41, 5.74) is 2.95. The zero-order valence-electron chi connectivity index (χ0n) is 18.7. The first-order chi connectivity index (χ1) is 14.8. The molecule has 1 fully saturated rings. The van der Waals surface area contributed by atoms with Gasteiger partial charge >= 0.3 is 0 Å². The van der Waals surface area contributed by atoms with Crippen LogP contribution >= 0.6 is 0 Å². The quantitative estimate of drug-likeness (QED) is 0.702. The number of likely N-dealkylation sites (tertiary alicyclic amines) is 1. The summed E-state index contributed by atoms with van der Waals surface area (Å²) >= 11 is 0. The van der Waals surface area contributed by atoms with Crippen LogP contribution < -0.4 is 4.74 Å². The van der Waals surface area contributed by atoms with Crippen LogP contribution in [-0.4, -0.2) is 52.5 Å². The van der Waals surface area contributed by atoms with Gasteiger partial charge in [0, 0.05) is 18.9 Å². The van der Waals surface area contributed by atoms with Gasteiger partial charge in [-0.15, -0.1) is 0 Å². The number of halogens is 1. The van der Waals surface area contributed by atoms with Crippen LogP contribution in [0.4, 0.5) is 4.39 Å². The van der Waals surface area contributed by atoms with Crippen LogP contribution in [-0.2, 0) is 24.2 Å². The summed E-state index contributed by atoms with van der Waals surface area (Å²) in [4.78, 5) is 21.7. The molecule has 0 atom stereocenters. The van der Waals surface area contributed by atoms with Crippen molar-refractivity contribution < 1.29 is 13.9 Å². The maximum Gasteiger partial charge on any atom is 0.223 e. The highest BCUT2D eigenvalue weighted by atomic mass is 19.1. The highest BCUT2D eigenvalue weighted by Crippen LogP contribution is 2.35. The molecule has 6 heteroatoms. The SMILES string of the molecule is CN1CCC(N(Cc2ccc(F)cn2)C(=O)CCc2ccc3c(c2)CC(C)(C)O3)CC1. The number of hydrogen-bond donors (Lipinski definition) is 0. The average Bonchev–Trinajstić information content (AvgIpc) is 3.05. The fraction of sp³-hybridized carbons (Fsp3) is 0.520. The number of hydrogen-bond acceptors (Lipinski definition) is 4. The molecule has 2 aliphatic heterocycles. The number of carbonyl (C=O) groups is 1. The van der Waals surface area contributed by atoms with Crippen molar-refractivity contribution in [2.75, 3.05) is 20.1 Å². The molecule has 0 bridgehead atoms. The number of carbonyl (C=O) groups excluding carboxylic acids is 1. The molecule has 0 spiro atoms. The van der Waals surface area contributed by atoms with Crippen LogP contribution in [0.25, 0.3) is 0 Å². The minimum Gasteiger partial charge on any atom is -0.487 e. The van der Waals surface area contributed by atoms with Crippen LogP contribution in [0.3, 0.4) is 0 Å². The molecule has 2 aliphatic rings. The molecule has 0 radical (unpaired) electrons. The zero-order chi connectivity index (χ0) is 22.0. The Kier molecular flexibility index (Phi) is 6.28. The molecule has 2 aromatic rings. The lowest BCUT2D eigenvalue weighted by Crippen LogP contribution is -2.46. The van der Waals surface area contributed by atoms with Gasteiger partial charge in [-0.1, -0.05) is 12.1 Å². The molecule has 166 valence electrons. The maximum absolute atomic E-state index is 13.3. The minimum atomic E-state index is -0.357. The molecule has 1 amide bonds. The van der Waals surface area contributed by atoms with Crippen molar-refractivity contribution in [3.05, 3.63) is 59.2 Å². The number of pyridine rings is 1. The molecular formula is C25H32FN3O2. The van der Waals surface area contributed by atoms with E-state index in [-0.39, 0.29) is 23.4 Å². The summed E-state index contributed by atoms with van der Waals surface area (Å²) in [6, 6.07) is 9.56. The van der Waals surface area contributed by atoms with Gasteiger partial charge in [0.1, 0.15) is 17.2 Å². The van der Waals surface area contributed by atoms with Crippen molar-refractivity contribution in [1.29, 1.82) is 0 Å². The normalized spacial score (nSPS) is 18.5. The van der Waals surface area contributed by atoms with Gasteiger partial charge < -0.3 is 14.5 Å². The highest BCUT2D eigenvalue weighted by molar-refractivity contribution is 5.77. The Bertz CT molecular complexity index is 921.